The van der Waals surface area contributed by atoms with Gasteiger partial charge >= 0.3 is 0 Å². The van der Waals surface area contributed by atoms with Gasteiger partial charge in [0, 0.05) is 5.02 Å². The third-order valence-electron chi connectivity index (χ3n) is 2.29. The molecule has 1 rings (SSSR count). The maximum absolute atomic E-state index is 5.94. The fourth-order valence-corrected chi connectivity index (χ4v) is 1.70. The molecule has 0 amide bonds. The second-order valence-electron chi connectivity index (χ2n) is 3.43. The lowest BCUT2D eigenvalue weighted by atomic mass is 9.94. The van der Waals surface area contributed by atoms with Crippen LogP contribution in [0.15, 0.2) is 30.9 Å². The van der Waals surface area contributed by atoms with Crippen LogP contribution in [0.2, 0.25) is 5.02 Å². The summed E-state index contributed by atoms with van der Waals surface area (Å²) in [5, 5.41) is 0.816. The third-order valence-corrected chi connectivity index (χ3v) is 2.53. The highest BCUT2D eigenvalue weighted by Gasteiger charge is 2.06. The van der Waals surface area contributed by atoms with Crippen molar-refractivity contribution in [2.45, 2.75) is 26.2 Å². The van der Waals surface area contributed by atoms with E-state index in [1.54, 1.807) is 0 Å². The monoisotopic (exact) mass is 194 g/mol. The molecule has 0 heterocycles. The molecule has 0 saturated carbocycles. The van der Waals surface area contributed by atoms with E-state index in [4.69, 9.17) is 11.6 Å². The zero-order valence-electron chi connectivity index (χ0n) is 8.18. The number of benzene rings is 1. The predicted octanol–water partition coefficient (Wildman–Crippen LogP) is 4.33. The first-order valence-electron chi connectivity index (χ1n) is 4.52. The van der Waals surface area contributed by atoms with E-state index in [2.05, 4.69) is 26.5 Å². The van der Waals surface area contributed by atoms with Crippen molar-refractivity contribution in [2.24, 2.45) is 0 Å². The summed E-state index contributed by atoms with van der Waals surface area (Å²) in [7, 11) is 0. The number of rotatable bonds is 3. The molecule has 0 fully saturated rings. The van der Waals surface area contributed by atoms with Gasteiger partial charge in [-0.2, -0.15) is 0 Å². The molecule has 0 aliphatic rings. The number of halogens is 1. The average molecular weight is 195 g/mol. The molecule has 1 aromatic carbocycles. The number of aryl methyl sites for hydroxylation is 1. The lowest BCUT2D eigenvalue weighted by molar-refractivity contribution is 0.775. The Balaban J connectivity index is 2.97. The lowest BCUT2D eigenvalue weighted by Gasteiger charge is -2.12. The van der Waals surface area contributed by atoms with Crippen molar-refractivity contribution in [2.75, 3.05) is 0 Å². The van der Waals surface area contributed by atoms with Crippen LogP contribution in [-0.2, 0) is 0 Å². The van der Waals surface area contributed by atoms with Crippen LogP contribution in [0.1, 0.15) is 30.4 Å². The molecule has 1 heteroatoms. The van der Waals surface area contributed by atoms with Crippen LogP contribution >= 0.6 is 11.6 Å². The van der Waals surface area contributed by atoms with Gasteiger partial charge < -0.3 is 0 Å². The minimum absolute atomic E-state index is 0.510. The number of hydrogen-bond donors (Lipinski definition) is 0. The molecule has 0 N–H and O–H groups in total. The van der Waals surface area contributed by atoms with Crippen molar-refractivity contribution in [1.82, 2.24) is 0 Å². The van der Waals surface area contributed by atoms with Crippen LogP contribution in [0.4, 0.5) is 0 Å². The molecule has 0 nitrogen and oxygen atoms in total. The van der Waals surface area contributed by atoms with Gasteiger partial charge in [0.05, 0.1) is 0 Å². The van der Waals surface area contributed by atoms with Crippen molar-refractivity contribution in [3.05, 3.63) is 47.0 Å². The highest BCUT2D eigenvalue weighted by molar-refractivity contribution is 6.30. The van der Waals surface area contributed by atoms with Gasteiger partial charge in [0.25, 0.3) is 0 Å². The van der Waals surface area contributed by atoms with Crippen molar-refractivity contribution in [3.63, 3.8) is 0 Å². The summed E-state index contributed by atoms with van der Waals surface area (Å²) in [6, 6.07) is 6.04. The SMILES string of the molecule is C=CCC(C)c1cc(Cl)ccc1C. The van der Waals surface area contributed by atoms with Crippen LogP contribution in [0.3, 0.4) is 0 Å². The summed E-state index contributed by atoms with van der Waals surface area (Å²) >= 11 is 5.94. The minimum Gasteiger partial charge on any atom is -0.103 e. The van der Waals surface area contributed by atoms with E-state index < -0.39 is 0 Å². The third kappa shape index (κ3) is 2.60. The van der Waals surface area contributed by atoms with Gasteiger partial charge in [-0.15, -0.1) is 6.58 Å². The first-order valence-corrected chi connectivity index (χ1v) is 4.90. The van der Waals surface area contributed by atoms with Crippen molar-refractivity contribution in [1.29, 1.82) is 0 Å². The summed E-state index contributed by atoms with van der Waals surface area (Å²) in [4.78, 5) is 0. The summed E-state index contributed by atoms with van der Waals surface area (Å²) in [5.41, 5.74) is 2.63. The average Bonchev–Trinajstić information content (AvgIpc) is 2.09. The van der Waals surface area contributed by atoms with Gasteiger partial charge in [-0.1, -0.05) is 30.7 Å². The largest absolute Gasteiger partial charge is 0.103 e. The van der Waals surface area contributed by atoms with Gasteiger partial charge in [-0.25, -0.2) is 0 Å². The highest BCUT2D eigenvalue weighted by atomic mass is 35.5. The Labute approximate surface area is 85.2 Å². The van der Waals surface area contributed by atoms with Crippen LogP contribution in [0.25, 0.3) is 0 Å². The van der Waals surface area contributed by atoms with E-state index in [1.165, 1.54) is 11.1 Å². The van der Waals surface area contributed by atoms with E-state index in [1.807, 2.05) is 18.2 Å². The van der Waals surface area contributed by atoms with Gasteiger partial charge in [0.15, 0.2) is 0 Å². The fraction of sp³-hybridized carbons (Fsp3) is 0.333. The molecule has 1 aromatic rings. The number of allylic oxidation sites excluding steroid dienone is 1. The first kappa shape index (κ1) is 10.3. The summed E-state index contributed by atoms with van der Waals surface area (Å²) in [6.07, 6.45) is 2.95. The Hall–Kier alpha value is -0.750. The van der Waals surface area contributed by atoms with Crippen molar-refractivity contribution >= 4 is 11.6 Å². The summed E-state index contributed by atoms with van der Waals surface area (Å²) < 4.78 is 0. The van der Waals surface area contributed by atoms with Crippen molar-refractivity contribution < 1.29 is 0 Å². The molecule has 0 bridgehead atoms. The topological polar surface area (TPSA) is 0 Å². The second kappa shape index (κ2) is 4.48. The highest BCUT2D eigenvalue weighted by Crippen LogP contribution is 2.25. The molecule has 1 atom stereocenters. The van der Waals surface area contributed by atoms with Gasteiger partial charge in [-0.3, -0.25) is 0 Å². The van der Waals surface area contributed by atoms with E-state index in [0.29, 0.717) is 5.92 Å². The zero-order valence-corrected chi connectivity index (χ0v) is 8.93. The standard InChI is InChI=1S/C12H15Cl/c1-4-5-9(2)12-8-11(13)7-6-10(12)3/h4,6-9H,1,5H2,2-3H3. The molecular weight excluding hydrogens is 180 g/mol. The Morgan fingerprint density at radius 1 is 1.54 bits per heavy atom. The molecule has 0 aromatic heterocycles. The second-order valence-corrected chi connectivity index (χ2v) is 3.86. The molecule has 0 radical (unpaired) electrons. The van der Waals surface area contributed by atoms with Gasteiger partial charge in [0.1, 0.15) is 0 Å². The predicted molar refractivity (Wildman–Crippen MR) is 59.4 cm³/mol. The Morgan fingerprint density at radius 3 is 2.85 bits per heavy atom. The smallest absolute Gasteiger partial charge is 0.0409 e. The molecule has 13 heavy (non-hydrogen) atoms. The lowest BCUT2D eigenvalue weighted by Crippen LogP contribution is -1.94. The van der Waals surface area contributed by atoms with Crippen LogP contribution in [-0.4, -0.2) is 0 Å². The van der Waals surface area contributed by atoms with Gasteiger partial charge in [0.2, 0.25) is 0 Å². The van der Waals surface area contributed by atoms with Crippen LogP contribution < -0.4 is 0 Å². The van der Waals surface area contributed by atoms with Crippen molar-refractivity contribution in [3.8, 4) is 0 Å². The quantitative estimate of drug-likeness (QED) is 0.629. The molecule has 1 unspecified atom stereocenters. The summed E-state index contributed by atoms with van der Waals surface area (Å²) in [6.45, 7) is 8.06. The fourth-order valence-electron chi connectivity index (χ4n) is 1.52. The Bertz CT molecular complexity index is 302. The van der Waals surface area contributed by atoms with Gasteiger partial charge in [-0.05, 0) is 42.5 Å². The van der Waals surface area contributed by atoms with E-state index in [-0.39, 0.29) is 0 Å². The maximum atomic E-state index is 5.94. The molecule has 70 valence electrons. The molecule has 0 saturated heterocycles. The Morgan fingerprint density at radius 2 is 2.23 bits per heavy atom. The van der Waals surface area contributed by atoms with E-state index >= 15 is 0 Å². The zero-order chi connectivity index (χ0) is 9.84. The number of hydrogen-bond acceptors (Lipinski definition) is 0. The van der Waals surface area contributed by atoms with Crippen LogP contribution in [0.5, 0.6) is 0 Å². The minimum atomic E-state index is 0.510. The molecule has 0 spiro atoms. The summed E-state index contributed by atoms with van der Waals surface area (Å²) in [5.74, 6) is 0.510. The molecule has 0 aliphatic heterocycles. The van der Waals surface area contributed by atoms with E-state index in [9.17, 15) is 0 Å². The Kier molecular flexibility index (Phi) is 3.56. The van der Waals surface area contributed by atoms with E-state index in [0.717, 1.165) is 11.4 Å². The van der Waals surface area contributed by atoms with Crippen LogP contribution in [0, 0.1) is 6.92 Å². The molecule has 0 aliphatic carbocycles. The first-order chi connectivity index (χ1) is 6.15. The molecular formula is C12H15Cl. The normalized spacial score (nSPS) is 12.5. The maximum Gasteiger partial charge on any atom is 0.0409 e.